The maximum atomic E-state index is 13.2. The van der Waals surface area contributed by atoms with Gasteiger partial charge in [0.2, 0.25) is 10.0 Å². The Morgan fingerprint density at radius 3 is 2.34 bits per heavy atom. The fourth-order valence-electron chi connectivity index (χ4n) is 3.34. The monoisotopic (exact) mass is 495 g/mol. The summed E-state index contributed by atoms with van der Waals surface area (Å²) in [5.74, 6) is 0.603. The molecule has 0 saturated heterocycles. The van der Waals surface area contributed by atoms with Gasteiger partial charge >= 0.3 is 0 Å². The van der Waals surface area contributed by atoms with E-state index in [1.807, 2.05) is 37.3 Å². The van der Waals surface area contributed by atoms with Gasteiger partial charge in [-0.05, 0) is 54.8 Å². The van der Waals surface area contributed by atoms with Gasteiger partial charge in [0, 0.05) is 6.54 Å². The number of nitrogens with zero attached hydrogens (tertiary/aromatic N) is 2. The summed E-state index contributed by atoms with van der Waals surface area (Å²) in [6.45, 7) is 2.17. The number of rotatable bonds is 12. The number of carbonyl (C=O) groups excluding carboxylic acids is 1. The summed E-state index contributed by atoms with van der Waals surface area (Å²) in [7, 11) is -2.33. The molecule has 0 aliphatic carbocycles. The van der Waals surface area contributed by atoms with Crippen LogP contribution in [0.3, 0.4) is 0 Å². The van der Waals surface area contributed by atoms with E-state index in [9.17, 15) is 13.2 Å². The van der Waals surface area contributed by atoms with Crippen LogP contribution < -0.4 is 14.9 Å². The zero-order valence-electron chi connectivity index (χ0n) is 19.8. The number of sulfonamides is 1. The van der Waals surface area contributed by atoms with Gasteiger partial charge in [0.25, 0.3) is 5.91 Å². The van der Waals surface area contributed by atoms with Crippen molar-refractivity contribution < 1.29 is 22.7 Å². The minimum atomic E-state index is -3.87. The van der Waals surface area contributed by atoms with Gasteiger partial charge in [0.05, 0.1) is 31.4 Å². The zero-order chi connectivity index (χ0) is 25.1. The molecule has 3 aromatic rings. The predicted molar refractivity (Wildman–Crippen MR) is 135 cm³/mol. The van der Waals surface area contributed by atoms with E-state index in [0.29, 0.717) is 30.1 Å². The van der Waals surface area contributed by atoms with Crippen molar-refractivity contribution >= 4 is 22.1 Å². The molecule has 0 aliphatic rings. The molecule has 0 aromatic heterocycles. The Morgan fingerprint density at radius 2 is 1.69 bits per heavy atom. The second-order valence-electron chi connectivity index (χ2n) is 7.52. The van der Waals surface area contributed by atoms with Crippen molar-refractivity contribution in [2.45, 2.75) is 18.2 Å². The molecule has 0 bridgehead atoms. The van der Waals surface area contributed by atoms with Crippen molar-refractivity contribution in [3.8, 4) is 11.5 Å². The molecule has 8 nitrogen and oxygen atoms in total. The number of benzene rings is 3. The van der Waals surface area contributed by atoms with Crippen molar-refractivity contribution in [2.24, 2.45) is 5.10 Å². The van der Waals surface area contributed by atoms with E-state index in [2.05, 4.69) is 10.5 Å². The van der Waals surface area contributed by atoms with Gasteiger partial charge in [0.15, 0.2) is 11.5 Å². The number of nitrogens with one attached hydrogen (secondary N) is 1. The highest BCUT2D eigenvalue weighted by atomic mass is 32.2. The highest BCUT2D eigenvalue weighted by molar-refractivity contribution is 7.89. The molecule has 1 amide bonds. The third kappa shape index (κ3) is 7.40. The molecule has 184 valence electrons. The van der Waals surface area contributed by atoms with Gasteiger partial charge in [-0.25, -0.2) is 13.8 Å². The lowest BCUT2D eigenvalue weighted by Gasteiger charge is -2.21. The largest absolute Gasteiger partial charge is 0.493 e. The fraction of sp³-hybridized carbons (Fsp3) is 0.231. The number of hydrogen-bond acceptors (Lipinski definition) is 6. The highest BCUT2D eigenvalue weighted by Gasteiger charge is 2.26. The minimum Gasteiger partial charge on any atom is -0.493 e. The Balaban J connectivity index is 1.70. The van der Waals surface area contributed by atoms with Crippen molar-refractivity contribution in [1.29, 1.82) is 0 Å². The molecule has 35 heavy (non-hydrogen) atoms. The molecular formula is C26H29N3O5S. The van der Waals surface area contributed by atoms with Crippen molar-refractivity contribution in [3.05, 3.63) is 90.0 Å². The van der Waals surface area contributed by atoms with E-state index in [0.717, 1.165) is 5.56 Å². The fourth-order valence-corrected chi connectivity index (χ4v) is 4.76. The number of ether oxygens (including phenoxy) is 2. The molecule has 0 heterocycles. The number of methoxy groups -OCH3 is 1. The Bertz CT molecular complexity index is 1230. The summed E-state index contributed by atoms with van der Waals surface area (Å²) in [5.41, 5.74) is 4.07. The van der Waals surface area contributed by atoms with Gasteiger partial charge in [-0.2, -0.15) is 9.41 Å². The maximum absolute atomic E-state index is 13.2. The van der Waals surface area contributed by atoms with Crippen LogP contribution in [0, 0.1) is 0 Å². The topological polar surface area (TPSA) is 97.3 Å². The zero-order valence-corrected chi connectivity index (χ0v) is 20.6. The Kier molecular flexibility index (Phi) is 9.39. The average Bonchev–Trinajstić information content (AvgIpc) is 2.88. The van der Waals surface area contributed by atoms with Gasteiger partial charge in [-0.15, -0.1) is 0 Å². The number of amides is 1. The van der Waals surface area contributed by atoms with Crippen LogP contribution in [0.15, 0.2) is 88.9 Å². The molecule has 1 N–H and O–H groups in total. The first-order chi connectivity index (χ1) is 16.9. The molecule has 0 fully saturated rings. The van der Waals surface area contributed by atoms with E-state index in [-0.39, 0.29) is 18.0 Å². The third-order valence-electron chi connectivity index (χ3n) is 5.08. The summed E-state index contributed by atoms with van der Waals surface area (Å²) in [6, 6.07) is 22.8. The second kappa shape index (κ2) is 12.7. The van der Waals surface area contributed by atoms with Crippen LogP contribution in [0.2, 0.25) is 0 Å². The van der Waals surface area contributed by atoms with Gasteiger partial charge < -0.3 is 9.47 Å². The van der Waals surface area contributed by atoms with Gasteiger partial charge in [0.1, 0.15) is 0 Å². The van der Waals surface area contributed by atoms with Crippen LogP contribution >= 0.6 is 0 Å². The van der Waals surface area contributed by atoms with Crippen LogP contribution in [-0.2, 0) is 21.2 Å². The van der Waals surface area contributed by atoms with Gasteiger partial charge in [-0.3, -0.25) is 4.79 Å². The van der Waals surface area contributed by atoms with Crippen LogP contribution in [0.5, 0.6) is 11.5 Å². The van der Waals surface area contributed by atoms with Crippen LogP contribution in [0.1, 0.15) is 18.1 Å². The summed E-state index contributed by atoms with van der Waals surface area (Å²) in [6.07, 6.45) is 1.92. The van der Waals surface area contributed by atoms with E-state index < -0.39 is 15.9 Å². The molecule has 0 saturated carbocycles. The molecule has 3 rings (SSSR count). The lowest BCUT2D eigenvalue weighted by molar-refractivity contribution is -0.121. The first-order valence-corrected chi connectivity index (χ1v) is 12.6. The van der Waals surface area contributed by atoms with Crippen LogP contribution in [-0.4, -0.2) is 51.7 Å². The normalized spacial score (nSPS) is 11.5. The summed E-state index contributed by atoms with van der Waals surface area (Å²) in [5, 5.41) is 3.98. The van der Waals surface area contributed by atoms with Crippen LogP contribution in [0.25, 0.3) is 0 Å². The molecule has 0 radical (unpaired) electrons. The molecule has 9 heteroatoms. The van der Waals surface area contributed by atoms with Gasteiger partial charge in [-0.1, -0.05) is 48.5 Å². The van der Waals surface area contributed by atoms with Crippen molar-refractivity contribution in [1.82, 2.24) is 9.73 Å². The van der Waals surface area contributed by atoms with E-state index in [1.165, 1.54) is 29.8 Å². The van der Waals surface area contributed by atoms with Crippen molar-refractivity contribution in [2.75, 3.05) is 26.8 Å². The lowest BCUT2D eigenvalue weighted by atomic mass is 10.1. The highest BCUT2D eigenvalue weighted by Crippen LogP contribution is 2.27. The average molecular weight is 496 g/mol. The van der Waals surface area contributed by atoms with E-state index in [1.54, 1.807) is 36.4 Å². The number of carbonyl (C=O) groups is 1. The summed E-state index contributed by atoms with van der Waals surface area (Å²) < 4.78 is 38.4. The first kappa shape index (κ1) is 25.9. The SMILES string of the molecule is CCOc1ccc(/C=N\NC(=O)CN(CCc2ccccc2)S(=O)(=O)c2ccccc2)cc1OC. The van der Waals surface area contributed by atoms with Crippen molar-refractivity contribution in [3.63, 3.8) is 0 Å². The second-order valence-corrected chi connectivity index (χ2v) is 9.46. The smallest absolute Gasteiger partial charge is 0.255 e. The maximum Gasteiger partial charge on any atom is 0.255 e. The number of hydrogen-bond donors (Lipinski definition) is 1. The molecule has 0 aliphatic heterocycles. The summed E-state index contributed by atoms with van der Waals surface area (Å²) >= 11 is 0. The Labute approximate surface area is 206 Å². The minimum absolute atomic E-state index is 0.130. The van der Waals surface area contributed by atoms with E-state index in [4.69, 9.17) is 9.47 Å². The lowest BCUT2D eigenvalue weighted by Crippen LogP contribution is -2.40. The Morgan fingerprint density at radius 1 is 1.00 bits per heavy atom. The predicted octanol–water partition coefficient (Wildman–Crippen LogP) is 3.48. The molecular weight excluding hydrogens is 466 g/mol. The molecule has 3 aromatic carbocycles. The first-order valence-electron chi connectivity index (χ1n) is 11.2. The third-order valence-corrected chi connectivity index (χ3v) is 6.94. The summed E-state index contributed by atoms with van der Waals surface area (Å²) in [4.78, 5) is 12.8. The molecule has 0 unspecified atom stereocenters. The number of hydrazone groups is 1. The quantitative estimate of drug-likeness (QED) is 0.307. The Hall–Kier alpha value is -3.69. The van der Waals surface area contributed by atoms with E-state index >= 15 is 0 Å². The standard InChI is InChI=1S/C26H29N3O5S/c1-3-34-24-15-14-22(18-25(24)33-2)19-27-28-26(30)20-29(17-16-21-10-6-4-7-11-21)35(31,32)23-12-8-5-9-13-23/h4-15,18-19H,3,16-17,20H2,1-2H3,(H,28,30)/b27-19-. The van der Waals surface area contributed by atoms with Crippen LogP contribution in [0.4, 0.5) is 0 Å². The molecule has 0 atom stereocenters. The molecule has 0 spiro atoms.